The van der Waals surface area contributed by atoms with Gasteiger partial charge in [0.05, 0.1) is 19.0 Å². The Hall–Kier alpha value is -4.13. The number of methoxy groups -OCH3 is 1. The number of pyridine rings is 1. The van der Waals surface area contributed by atoms with Gasteiger partial charge in [0.1, 0.15) is 17.1 Å². The van der Waals surface area contributed by atoms with Crippen LogP contribution in [0.3, 0.4) is 0 Å². The molecule has 0 saturated heterocycles. The molecule has 1 N–H and O–H groups in total. The number of nitrogens with zero attached hydrogens (tertiary/aromatic N) is 1. The lowest BCUT2D eigenvalue weighted by atomic mass is 10.0. The van der Waals surface area contributed by atoms with Crippen LogP contribution in [-0.4, -0.2) is 24.6 Å². The highest BCUT2D eigenvalue weighted by Crippen LogP contribution is 2.30. The molecule has 0 fully saturated rings. The van der Waals surface area contributed by atoms with E-state index in [2.05, 4.69) is 10.3 Å². The Morgan fingerprint density at radius 1 is 1.07 bits per heavy atom. The molecule has 7 heteroatoms. The number of hydrogen-bond donors (Lipinski definition) is 1. The van der Waals surface area contributed by atoms with Crippen LogP contribution in [0.2, 0.25) is 0 Å². The van der Waals surface area contributed by atoms with Gasteiger partial charge in [-0.15, -0.1) is 0 Å². The van der Waals surface area contributed by atoms with E-state index >= 15 is 0 Å². The minimum atomic E-state index is -0.472. The Bertz CT molecular complexity index is 1230. The first-order valence-electron chi connectivity index (χ1n) is 9.17. The molecule has 2 aromatic carbocycles. The van der Waals surface area contributed by atoms with Gasteiger partial charge in [-0.25, -0.2) is 4.79 Å². The van der Waals surface area contributed by atoms with Gasteiger partial charge in [-0.2, -0.15) is 0 Å². The lowest BCUT2D eigenvalue weighted by Crippen LogP contribution is -2.20. The number of rotatable bonds is 6. The van der Waals surface area contributed by atoms with Crippen LogP contribution in [0.4, 0.5) is 5.69 Å². The van der Waals surface area contributed by atoms with Crippen molar-refractivity contribution in [1.29, 1.82) is 0 Å². The maximum atomic E-state index is 12.1. The van der Waals surface area contributed by atoms with Crippen molar-refractivity contribution in [3.05, 3.63) is 83.5 Å². The number of fused-ring (bicyclic) bond motifs is 1. The molecule has 150 valence electrons. The Morgan fingerprint density at radius 3 is 2.60 bits per heavy atom. The van der Waals surface area contributed by atoms with E-state index in [1.807, 2.05) is 24.3 Å². The zero-order valence-corrected chi connectivity index (χ0v) is 16.1. The van der Waals surface area contributed by atoms with Crippen LogP contribution in [-0.2, 0) is 4.79 Å². The summed E-state index contributed by atoms with van der Waals surface area (Å²) in [6.07, 6.45) is 3.17. The summed E-state index contributed by atoms with van der Waals surface area (Å²) in [6, 6.07) is 17.4. The summed E-state index contributed by atoms with van der Waals surface area (Å²) in [4.78, 5) is 28.1. The molecule has 0 aliphatic heterocycles. The highest BCUT2D eigenvalue weighted by Gasteiger charge is 2.10. The minimum absolute atomic E-state index is 0.192. The summed E-state index contributed by atoms with van der Waals surface area (Å²) in [7, 11) is 1.60. The molecule has 0 unspecified atom stereocenters. The van der Waals surface area contributed by atoms with E-state index in [9.17, 15) is 9.59 Å². The molecule has 0 spiro atoms. The Morgan fingerprint density at radius 2 is 1.87 bits per heavy atom. The van der Waals surface area contributed by atoms with Crippen LogP contribution in [0.25, 0.3) is 22.1 Å². The second-order valence-corrected chi connectivity index (χ2v) is 6.44. The minimum Gasteiger partial charge on any atom is -0.497 e. The second-order valence-electron chi connectivity index (χ2n) is 6.44. The highest BCUT2D eigenvalue weighted by atomic mass is 16.5. The largest absolute Gasteiger partial charge is 0.497 e. The molecule has 0 atom stereocenters. The first kappa shape index (κ1) is 19.2. The van der Waals surface area contributed by atoms with Crippen LogP contribution in [0.15, 0.2) is 82.3 Å². The second kappa shape index (κ2) is 8.48. The maximum absolute atomic E-state index is 12.1. The van der Waals surface area contributed by atoms with Crippen molar-refractivity contribution in [2.45, 2.75) is 0 Å². The summed E-state index contributed by atoms with van der Waals surface area (Å²) in [6.45, 7) is -0.192. The van der Waals surface area contributed by atoms with Gasteiger partial charge in [-0.05, 0) is 47.5 Å². The van der Waals surface area contributed by atoms with Crippen LogP contribution < -0.4 is 20.4 Å². The number of nitrogens with one attached hydrogen (secondary N) is 1. The van der Waals surface area contributed by atoms with Crippen molar-refractivity contribution in [2.75, 3.05) is 19.0 Å². The van der Waals surface area contributed by atoms with E-state index in [1.54, 1.807) is 49.8 Å². The van der Waals surface area contributed by atoms with Gasteiger partial charge in [-0.3, -0.25) is 9.78 Å². The van der Waals surface area contributed by atoms with Crippen LogP contribution in [0.5, 0.6) is 11.5 Å². The van der Waals surface area contributed by atoms with Gasteiger partial charge in [0.2, 0.25) is 0 Å². The van der Waals surface area contributed by atoms with Crippen molar-refractivity contribution in [3.8, 4) is 22.6 Å². The van der Waals surface area contributed by atoms with E-state index in [0.717, 1.165) is 22.3 Å². The monoisotopic (exact) mass is 402 g/mol. The van der Waals surface area contributed by atoms with Crippen molar-refractivity contribution in [1.82, 2.24) is 4.98 Å². The van der Waals surface area contributed by atoms with Crippen molar-refractivity contribution < 1.29 is 18.7 Å². The third kappa shape index (κ3) is 4.30. The van der Waals surface area contributed by atoms with Crippen molar-refractivity contribution in [3.63, 3.8) is 0 Å². The Labute approximate surface area is 171 Å². The molecule has 2 heterocycles. The average molecular weight is 402 g/mol. The topological polar surface area (TPSA) is 90.7 Å². The predicted molar refractivity (Wildman–Crippen MR) is 113 cm³/mol. The molecule has 30 heavy (non-hydrogen) atoms. The average Bonchev–Trinajstić information content (AvgIpc) is 2.77. The molecular weight excluding hydrogens is 384 g/mol. The molecule has 0 saturated carbocycles. The molecule has 0 radical (unpaired) electrons. The van der Waals surface area contributed by atoms with E-state index < -0.39 is 5.63 Å². The van der Waals surface area contributed by atoms with Crippen LogP contribution in [0, 0.1) is 0 Å². The molecule has 7 nitrogen and oxygen atoms in total. The number of anilines is 1. The van der Waals surface area contributed by atoms with Crippen LogP contribution >= 0.6 is 0 Å². The SMILES string of the molecule is COc1ccc(-c2cc(=O)oc3cc(OCC(=O)Nc4cccnc4)ccc23)cc1. The maximum Gasteiger partial charge on any atom is 0.336 e. The van der Waals surface area contributed by atoms with Crippen LogP contribution in [0.1, 0.15) is 0 Å². The van der Waals surface area contributed by atoms with Gasteiger partial charge in [-0.1, -0.05) is 12.1 Å². The summed E-state index contributed by atoms with van der Waals surface area (Å²) in [5.74, 6) is 0.821. The van der Waals surface area contributed by atoms with Gasteiger partial charge in [0, 0.05) is 23.7 Å². The third-order valence-electron chi connectivity index (χ3n) is 4.43. The number of ether oxygens (including phenoxy) is 2. The molecule has 2 aromatic heterocycles. The number of hydrogen-bond acceptors (Lipinski definition) is 6. The molecule has 4 aromatic rings. The van der Waals surface area contributed by atoms with Gasteiger partial charge in [0.25, 0.3) is 5.91 Å². The fourth-order valence-electron chi connectivity index (χ4n) is 3.02. The summed E-state index contributed by atoms with van der Waals surface area (Å²) >= 11 is 0. The van der Waals surface area contributed by atoms with Crippen molar-refractivity contribution in [2.24, 2.45) is 0 Å². The van der Waals surface area contributed by atoms with Gasteiger partial charge < -0.3 is 19.2 Å². The summed E-state index contributed by atoms with van der Waals surface area (Å²) in [5.41, 5.74) is 2.08. The normalized spacial score (nSPS) is 10.6. The third-order valence-corrected chi connectivity index (χ3v) is 4.43. The Balaban J connectivity index is 1.55. The zero-order chi connectivity index (χ0) is 20.9. The fraction of sp³-hybridized carbons (Fsp3) is 0.0870. The van der Waals surface area contributed by atoms with E-state index in [-0.39, 0.29) is 12.5 Å². The zero-order valence-electron chi connectivity index (χ0n) is 16.1. The summed E-state index contributed by atoms with van der Waals surface area (Å²) in [5, 5.41) is 3.44. The van der Waals surface area contributed by atoms with Crippen molar-refractivity contribution >= 4 is 22.6 Å². The first-order chi connectivity index (χ1) is 14.6. The van der Waals surface area contributed by atoms with E-state index in [1.165, 1.54) is 6.07 Å². The lowest BCUT2D eigenvalue weighted by molar-refractivity contribution is -0.118. The molecule has 4 rings (SSSR count). The molecule has 0 aliphatic carbocycles. The Kier molecular flexibility index (Phi) is 5.43. The van der Waals surface area contributed by atoms with Gasteiger partial charge in [0.15, 0.2) is 6.61 Å². The quantitative estimate of drug-likeness (QED) is 0.492. The fourth-order valence-corrected chi connectivity index (χ4v) is 3.02. The number of amides is 1. The molecule has 0 bridgehead atoms. The molecule has 0 aliphatic rings. The van der Waals surface area contributed by atoms with Gasteiger partial charge >= 0.3 is 5.63 Å². The first-order valence-corrected chi connectivity index (χ1v) is 9.17. The van der Waals surface area contributed by atoms with E-state index in [0.29, 0.717) is 17.0 Å². The lowest BCUT2D eigenvalue weighted by Gasteiger charge is -2.10. The summed E-state index contributed by atoms with van der Waals surface area (Å²) < 4.78 is 16.1. The standard InChI is InChI=1S/C23H18N2O5/c1-28-17-6-4-15(5-7-17)20-12-23(27)30-21-11-18(8-9-19(20)21)29-14-22(26)25-16-3-2-10-24-13-16/h2-13H,14H2,1H3,(H,25,26). The number of aromatic nitrogens is 1. The highest BCUT2D eigenvalue weighted by molar-refractivity contribution is 5.94. The number of carbonyl (C=O) groups excluding carboxylic acids is 1. The number of benzene rings is 2. The smallest absolute Gasteiger partial charge is 0.336 e. The predicted octanol–water partition coefficient (Wildman–Crippen LogP) is 3.88. The number of carbonyl (C=O) groups is 1. The molecule has 1 amide bonds. The molecular formula is C23H18N2O5. The van der Waals surface area contributed by atoms with E-state index in [4.69, 9.17) is 13.9 Å².